The van der Waals surface area contributed by atoms with Gasteiger partial charge in [-0.05, 0) is 34.9 Å². The van der Waals surface area contributed by atoms with Gasteiger partial charge in [0.1, 0.15) is 12.4 Å². The molecule has 0 unspecified atom stereocenters. The molecule has 5 nitrogen and oxygen atoms in total. The lowest BCUT2D eigenvalue weighted by atomic mass is 9.97. The van der Waals surface area contributed by atoms with Gasteiger partial charge in [-0.1, -0.05) is 17.3 Å². The highest BCUT2D eigenvalue weighted by molar-refractivity contribution is 5.71. The van der Waals surface area contributed by atoms with E-state index >= 15 is 0 Å². The van der Waals surface area contributed by atoms with E-state index < -0.39 is 24.2 Å². The number of alkyl halides is 4. The normalized spacial score (nSPS) is 11.7. The quantitative estimate of drug-likeness (QED) is 0.741. The van der Waals surface area contributed by atoms with Gasteiger partial charge in [0.2, 0.25) is 5.82 Å². The number of H-pyrrole nitrogens is 1. The molecule has 0 aliphatic rings. The molecule has 0 bridgehead atoms. The summed E-state index contributed by atoms with van der Waals surface area (Å²) in [4.78, 5) is 17.2. The topological polar surface area (TPSA) is 71.8 Å². The summed E-state index contributed by atoms with van der Waals surface area (Å²) in [6.45, 7) is -0.995. The fourth-order valence-corrected chi connectivity index (χ4v) is 2.23. The molecule has 24 heavy (non-hydrogen) atoms. The van der Waals surface area contributed by atoms with E-state index in [1.807, 2.05) is 0 Å². The first-order valence-corrected chi connectivity index (χ1v) is 6.67. The summed E-state index contributed by atoms with van der Waals surface area (Å²) in [7, 11) is 0. The van der Waals surface area contributed by atoms with Crippen molar-refractivity contribution in [2.45, 2.75) is 12.9 Å². The summed E-state index contributed by atoms with van der Waals surface area (Å²) < 4.78 is 56.8. The second-order valence-corrected chi connectivity index (χ2v) is 4.88. The molecule has 0 fully saturated rings. The van der Waals surface area contributed by atoms with Crippen molar-refractivity contribution in [2.75, 3.05) is 0 Å². The van der Waals surface area contributed by atoms with Crippen LogP contribution >= 0.6 is 0 Å². The molecular formula is C15H9F4N3O2. The zero-order valence-corrected chi connectivity index (χ0v) is 11.9. The van der Waals surface area contributed by atoms with Crippen molar-refractivity contribution in [1.82, 2.24) is 15.1 Å². The van der Waals surface area contributed by atoms with Crippen LogP contribution in [-0.4, -0.2) is 15.1 Å². The first-order chi connectivity index (χ1) is 11.4. The van der Waals surface area contributed by atoms with Gasteiger partial charge in [-0.3, -0.25) is 14.5 Å². The zero-order valence-electron chi connectivity index (χ0n) is 11.9. The van der Waals surface area contributed by atoms with Crippen molar-refractivity contribution >= 4 is 0 Å². The average Bonchev–Trinajstić information content (AvgIpc) is 3.00. The number of pyridine rings is 1. The number of aromatic nitrogens is 3. The molecule has 124 valence electrons. The SMILES string of the molecule is O=c1[nH]c(-c2cc(-c3ccc(CF)cc3C(F)(F)F)ccn2)no1. The first kappa shape index (κ1) is 15.9. The fraction of sp³-hybridized carbons (Fsp3) is 0.133. The molecule has 1 N–H and O–H groups in total. The summed E-state index contributed by atoms with van der Waals surface area (Å²) in [5.74, 6) is -0.809. The minimum Gasteiger partial charge on any atom is -0.296 e. The van der Waals surface area contributed by atoms with Gasteiger partial charge in [0.15, 0.2) is 0 Å². The maximum absolute atomic E-state index is 13.3. The van der Waals surface area contributed by atoms with Crippen LogP contribution in [0.25, 0.3) is 22.6 Å². The smallest absolute Gasteiger partial charge is 0.296 e. The van der Waals surface area contributed by atoms with Gasteiger partial charge in [-0.25, -0.2) is 9.18 Å². The molecule has 0 atom stereocenters. The van der Waals surface area contributed by atoms with E-state index in [0.717, 1.165) is 6.07 Å². The van der Waals surface area contributed by atoms with Crippen molar-refractivity contribution in [3.63, 3.8) is 0 Å². The summed E-state index contributed by atoms with van der Waals surface area (Å²) in [5.41, 5.74) is -0.818. The lowest BCUT2D eigenvalue weighted by Gasteiger charge is -2.14. The Morgan fingerprint density at radius 1 is 1.17 bits per heavy atom. The predicted molar refractivity (Wildman–Crippen MR) is 75.6 cm³/mol. The van der Waals surface area contributed by atoms with E-state index in [-0.39, 0.29) is 28.2 Å². The molecule has 2 aromatic heterocycles. The third kappa shape index (κ3) is 3.05. The van der Waals surface area contributed by atoms with Crippen LogP contribution < -0.4 is 5.76 Å². The molecule has 3 rings (SSSR count). The van der Waals surface area contributed by atoms with Crippen LogP contribution in [0.15, 0.2) is 45.8 Å². The summed E-state index contributed by atoms with van der Waals surface area (Å²) in [6.07, 6.45) is -3.37. The Hall–Kier alpha value is -2.97. The van der Waals surface area contributed by atoms with Crippen LogP contribution in [0.2, 0.25) is 0 Å². The highest BCUT2D eigenvalue weighted by Gasteiger charge is 2.34. The second kappa shape index (κ2) is 5.91. The predicted octanol–water partition coefficient (Wildman–Crippen LogP) is 3.58. The highest BCUT2D eigenvalue weighted by Crippen LogP contribution is 2.38. The van der Waals surface area contributed by atoms with Gasteiger partial charge in [-0.15, -0.1) is 0 Å². The summed E-state index contributed by atoms with van der Waals surface area (Å²) >= 11 is 0. The number of nitrogens with one attached hydrogen (secondary N) is 1. The van der Waals surface area contributed by atoms with E-state index in [0.29, 0.717) is 0 Å². The third-order valence-corrected chi connectivity index (χ3v) is 3.30. The second-order valence-electron chi connectivity index (χ2n) is 4.88. The van der Waals surface area contributed by atoms with E-state index in [2.05, 4.69) is 19.6 Å². The van der Waals surface area contributed by atoms with Crippen LogP contribution in [0.4, 0.5) is 17.6 Å². The van der Waals surface area contributed by atoms with Crippen LogP contribution in [0.5, 0.6) is 0 Å². The molecule has 0 aliphatic carbocycles. The number of hydrogen-bond donors (Lipinski definition) is 1. The molecule has 1 aromatic carbocycles. The van der Waals surface area contributed by atoms with Crippen molar-refractivity contribution in [3.05, 3.63) is 58.2 Å². The van der Waals surface area contributed by atoms with Crippen LogP contribution in [0, 0.1) is 0 Å². The van der Waals surface area contributed by atoms with Crippen molar-refractivity contribution in [1.29, 1.82) is 0 Å². The van der Waals surface area contributed by atoms with Gasteiger partial charge in [0, 0.05) is 6.20 Å². The van der Waals surface area contributed by atoms with Gasteiger partial charge in [-0.2, -0.15) is 13.2 Å². The van der Waals surface area contributed by atoms with E-state index in [1.165, 1.54) is 30.5 Å². The molecule has 0 saturated heterocycles. The summed E-state index contributed by atoms with van der Waals surface area (Å²) in [6, 6.07) is 5.95. The standard InChI is InChI=1S/C15H9F4N3O2/c16-7-8-1-2-10(11(5-8)15(17,18)19)9-3-4-20-12(6-9)13-21-14(23)24-22-13/h1-6H,7H2,(H,21,22,23). The van der Waals surface area contributed by atoms with Crippen molar-refractivity contribution in [2.24, 2.45) is 0 Å². The molecule has 0 spiro atoms. The molecule has 2 heterocycles. The number of hydrogen-bond acceptors (Lipinski definition) is 4. The zero-order chi connectivity index (χ0) is 17.3. The minimum atomic E-state index is -4.65. The van der Waals surface area contributed by atoms with Gasteiger partial charge in [0.05, 0.1) is 5.56 Å². The molecule has 0 radical (unpaired) electrons. The maximum atomic E-state index is 13.3. The Bertz CT molecular complexity index is 931. The summed E-state index contributed by atoms with van der Waals surface area (Å²) in [5, 5.41) is 3.44. The lowest BCUT2D eigenvalue weighted by molar-refractivity contribution is -0.137. The first-order valence-electron chi connectivity index (χ1n) is 6.67. The molecule has 0 saturated carbocycles. The van der Waals surface area contributed by atoms with E-state index in [1.54, 1.807) is 0 Å². The van der Waals surface area contributed by atoms with Gasteiger partial charge in [0.25, 0.3) is 0 Å². The van der Waals surface area contributed by atoms with E-state index in [9.17, 15) is 22.4 Å². The number of rotatable bonds is 3. The molecular weight excluding hydrogens is 330 g/mol. The molecule has 0 aliphatic heterocycles. The number of benzene rings is 1. The van der Waals surface area contributed by atoms with Crippen LogP contribution in [0.1, 0.15) is 11.1 Å². The Balaban J connectivity index is 2.14. The highest BCUT2D eigenvalue weighted by atomic mass is 19.4. The Labute approximate surface area is 132 Å². The van der Waals surface area contributed by atoms with E-state index in [4.69, 9.17) is 0 Å². The largest absolute Gasteiger partial charge is 0.439 e. The third-order valence-electron chi connectivity index (χ3n) is 3.30. The number of aromatic amines is 1. The maximum Gasteiger partial charge on any atom is 0.439 e. The van der Waals surface area contributed by atoms with Crippen molar-refractivity contribution in [3.8, 4) is 22.6 Å². The average molecular weight is 339 g/mol. The van der Waals surface area contributed by atoms with Crippen LogP contribution in [-0.2, 0) is 12.9 Å². The monoisotopic (exact) mass is 339 g/mol. The minimum absolute atomic E-state index is 0.00390. The van der Waals surface area contributed by atoms with Crippen LogP contribution in [0.3, 0.4) is 0 Å². The lowest BCUT2D eigenvalue weighted by Crippen LogP contribution is -2.08. The Morgan fingerprint density at radius 3 is 2.58 bits per heavy atom. The Morgan fingerprint density at radius 2 is 1.96 bits per heavy atom. The number of halogens is 4. The molecule has 9 heteroatoms. The molecule has 0 amide bonds. The Kier molecular flexibility index (Phi) is 3.92. The van der Waals surface area contributed by atoms with Crippen molar-refractivity contribution < 1.29 is 22.1 Å². The number of nitrogens with zero attached hydrogens (tertiary/aromatic N) is 2. The van der Waals surface area contributed by atoms with Gasteiger partial charge >= 0.3 is 11.9 Å². The van der Waals surface area contributed by atoms with Gasteiger partial charge < -0.3 is 0 Å². The fourth-order valence-electron chi connectivity index (χ4n) is 2.23. The molecule has 3 aromatic rings.